The van der Waals surface area contributed by atoms with Crippen molar-refractivity contribution in [3.8, 4) is 0 Å². The molecule has 0 aromatic rings. The zero-order valence-corrected chi connectivity index (χ0v) is 8.18. The van der Waals surface area contributed by atoms with Crippen LogP contribution in [-0.4, -0.2) is 20.0 Å². The first-order chi connectivity index (χ1) is 3.72. The van der Waals surface area contributed by atoms with Crippen molar-refractivity contribution < 1.29 is 0 Å². The van der Waals surface area contributed by atoms with Crippen molar-refractivity contribution >= 4 is 22.5 Å². The zero-order valence-electron chi connectivity index (χ0n) is 5.50. The fourth-order valence-electron chi connectivity index (χ4n) is 0.608. The summed E-state index contributed by atoms with van der Waals surface area (Å²) in [6.07, 6.45) is 0. The molecule has 0 amide bonds. The van der Waals surface area contributed by atoms with Gasteiger partial charge in [-0.15, -0.1) is 0 Å². The standard InChI is InChI=1S/C5H11P3/c1-6-4-5-7(2)8(6)3/h4-5H,1-3H3/t6-,7-/m0/s1. The third-order valence-corrected chi connectivity index (χ3v) is 16.0. The largest absolute Gasteiger partial charge is 0.0563 e. The van der Waals surface area contributed by atoms with E-state index in [-0.39, 0.29) is 0 Å². The minimum atomic E-state index is 0.347. The predicted octanol–water partition coefficient (Wildman–Crippen LogP) is 3.64. The Balaban J connectivity index is 2.55. The zero-order chi connectivity index (χ0) is 6.15. The van der Waals surface area contributed by atoms with Gasteiger partial charge in [-0.2, -0.15) is 0 Å². The van der Waals surface area contributed by atoms with Crippen molar-refractivity contribution in [3.05, 3.63) is 11.6 Å². The molecule has 1 rings (SSSR count). The Morgan fingerprint density at radius 3 is 1.38 bits per heavy atom. The Morgan fingerprint density at radius 1 is 0.875 bits per heavy atom. The van der Waals surface area contributed by atoms with Crippen LogP contribution in [0.2, 0.25) is 0 Å². The third kappa shape index (κ3) is 1.30. The van der Waals surface area contributed by atoms with Gasteiger partial charge >= 0.3 is 0 Å². The molecule has 0 saturated carbocycles. The molecular weight excluding hydrogens is 153 g/mol. The molecule has 0 nitrogen and oxygen atoms in total. The van der Waals surface area contributed by atoms with Gasteiger partial charge in [-0.25, -0.2) is 0 Å². The number of hydrogen-bond donors (Lipinski definition) is 0. The molecule has 1 aliphatic heterocycles. The van der Waals surface area contributed by atoms with Gasteiger partial charge in [-0.05, 0) is 20.0 Å². The smallest absolute Gasteiger partial charge is 0.0361 e. The normalized spacial score (nSPS) is 38.9. The van der Waals surface area contributed by atoms with Gasteiger partial charge in [0, 0.05) is 0 Å². The van der Waals surface area contributed by atoms with Crippen molar-refractivity contribution in [1.29, 1.82) is 0 Å². The van der Waals surface area contributed by atoms with Gasteiger partial charge in [0.25, 0.3) is 0 Å². The van der Waals surface area contributed by atoms with Crippen LogP contribution in [0, 0.1) is 0 Å². The minimum Gasteiger partial charge on any atom is -0.0563 e. The van der Waals surface area contributed by atoms with Crippen LogP contribution in [0.25, 0.3) is 0 Å². The molecular formula is C5H11P3. The molecule has 0 aromatic heterocycles. The van der Waals surface area contributed by atoms with Gasteiger partial charge in [0.2, 0.25) is 0 Å². The molecule has 0 spiro atoms. The molecule has 0 radical (unpaired) electrons. The van der Waals surface area contributed by atoms with Crippen LogP contribution in [0.1, 0.15) is 0 Å². The van der Waals surface area contributed by atoms with E-state index in [2.05, 4.69) is 31.6 Å². The summed E-state index contributed by atoms with van der Waals surface area (Å²) >= 11 is 0. The maximum Gasteiger partial charge on any atom is -0.0361 e. The van der Waals surface area contributed by atoms with Crippen LogP contribution in [-0.2, 0) is 0 Å². The molecule has 0 fully saturated rings. The average molecular weight is 164 g/mol. The van der Waals surface area contributed by atoms with Gasteiger partial charge in [-0.3, -0.25) is 0 Å². The summed E-state index contributed by atoms with van der Waals surface area (Å²) in [5.74, 6) is 4.87. The van der Waals surface area contributed by atoms with Gasteiger partial charge < -0.3 is 0 Å². The summed E-state index contributed by atoms with van der Waals surface area (Å²) in [6.45, 7) is 7.22. The molecule has 0 N–H and O–H groups in total. The Morgan fingerprint density at radius 2 is 1.25 bits per heavy atom. The van der Waals surface area contributed by atoms with Crippen molar-refractivity contribution in [2.24, 2.45) is 0 Å². The molecule has 0 unspecified atom stereocenters. The molecule has 0 aliphatic carbocycles. The van der Waals surface area contributed by atoms with E-state index in [0.717, 1.165) is 0 Å². The highest BCUT2D eigenvalue weighted by Gasteiger charge is 2.18. The topological polar surface area (TPSA) is 0 Å². The van der Waals surface area contributed by atoms with E-state index in [1.807, 2.05) is 0 Å². The average Bonchev–Trinajstić information content (AvgIpc) is 1.98. The van der Waals surface area contributed by atoms with Crippen molar-refractivity contribution in [2.45, 2.75) is 0 Å². The predicted molar refractivity (Wildman–Crippen MR) is 47.7 cm³/mol. The molecule has 2 atom stereocenters. The molecule has 1 aliphatic rings. The molecule has 3 heteroatoms. The molecule has 8 heavy (non-hydrogen) atoms. The number of hydrogen-bond acceptors (Lipinski definition) is 0. The van der Waals surface area contributed by atoms with Crippen molar-refractivity contribution in [3.63, 3.8) is 0 Å². The maximum absolute atomic E-state index is 2.44. The van der Waals surface area contributed by atoms with E-state index in [4.69, 9.17) is 0 Å². The van der Waals surface area contributed by atoms with Gasteiger partial charge in [-0.1, -0.05) is 34.2 Å². The molecule has 1 heterocycles. The lowest BCUT2D eigenvalue weighted by molar-refractivity contribution is 2.34. The molecule has 46 valence electrons. The summed E-state index contributed by atoms with van der Waals surface area (Å²) in [5.41, 5.74) is 0. The lowest BCUT2D eigenvalue weighted by atomic mass is 11.2. The Labute approximate surface area is 54.8 Å². The second-order valence-electron chi connectivity index (χ2n) is 1.93. The van der Waals surface area contributed by atoms with Crippen LogP contribution < -0.4 is 0 Å². The highest BCUT2D eigenvalue weighted by atomic mass is 32.5. The van der Waals surface area contributed by atoms with E-state index in [9.17, 15) is 0 Å². The number of rotatable bonds is 0. The minimum absolute atomic E-state index is 0.347. The van der Waals surface area contributed by atoms with E-state index < -0.39 is 0 Å². The van der Waals surface area contributed by atoms with Gasteiger partial charge in [0.1, 0.15) is 0 Å². The Kier molecular flexibility index (Phi) is 2.45. The highest BCUT2D eigenvalue weighted by molar-refractivity contribution is 8.62. The summed E-state index contributed by atoms with van der Waals surface area (Å²) in [7, 11) is 1.13. The van der Waals surface area contributed by atoms with E-state index in [1.165, 1.54) is 0 Å². The third-order valence-electron chi connectivity index (χ3n) is 1.41. The maximum atomic E-state index is 2.44. The van der Waals surface area contributed by atoms with Gasteiger partial charge in [0.05, 0.1) is 0 Å². The van der Waals surface area contributed by atoms with E-state index in [1.54, 1.807) is 0 Å². The van der Waals surface area contributed by atoms with Crippen LogP contribution in [0.15, 0.2) is 11.6 Å². The Hall–Kier alpha value is 1.03. The second kappa shape index (κ2) is 2.74. The first-order valence-electron chi connectivity index (χ1n) is 2.59. The summed E-state index contributed by atoms with van der Waals surface area (Å²) in [4.78, 5) is 0. The van der Waals surface area contributed by atoms with Crippen LogP contribution in [0.5, 0.6) is 0 Å². The Bertz CT molecular complexity index is 98.2. The fourth-order valence-corrected chi connectivity index (χ4v) is 11.6. The highest BCUT2D eigenvalue weighted by Crippen LogP contribution is 2.87. The summed E-state index contributed by atoms with van der Waals surface area (Å²) in [6, 6.07) is 0. The first-order valence-corrected chi connectivity index (χ1v) is 9.51. The lowest BCUT2D eigenvalue weighted by Crippen LogP contribution is -1.53. The van der Waals surface area contributed by atoms with E-state index in [0.29, 0.717) is 22.5 Å². The fraction of sp³-hybridized carbons (Fsp3) is 0.600. The van der Waals surface area contributed by atoms with Crippen molar-refractivity contribution in [1.82, 2.24) is 0 Å². The second-order valence-corrected chi connectivity index (χ2v) is 14.1. The molecule has 0 aromatic carbocycles. The van der Waals surface area contributed by atoms with Gasteiger partial charge in [0.15, 0.2) is 0 Å². The van der Waals surface area contributed by atoms with E-state index >= 15 is 0 Å². The van der Waals surface area contributed by atoms with Crippen LogP contribution in [0.3, 0.4) is 0 Å². The quantitative estimate of drug-likeness (QED) is 0.479. The monoisotopic (exact) mass is 164 g/mol. The van der Waals surface area contributed by atoms with Crippen LogP contribution in [0.4, 0.5) is 0 Å². The summed E-state index contributed by atoms with van der Waals surface area (Å²) < 4.78 is 0. The van der Waals surface area contributed by atoms with Crippen molar-refractivity contribution in [2.75, 3.05) is 20.0 Å². The SMILES string of the molecule is CP1[P@@](C)C=C[P@]1C. The van der Waals surface area contributed by atoms with Crippen LogP contribution >= 0.6 is 22.5 Å². The summed E-state index contributed by atoms with van der Waals surface area (Å²) in [5, 5.41) is 0. The first kappa shape index (κ1) is 7.14. The molecule has 0 bridgehead atoms. The molecule has 0 saturated heterocycles. The lowest BCUT2D eigenvalue weighted by Gasteiger charge is -2.13.